The smallest absolute Gasteiger partial charge is 0.311 e. The van der Waals surface area contributed by atoms with Gasteiger partial charge in [0, 0.05) is 24.7 Å². The molecule has 2 fully saturated rings. The lowest BCUT2D eigenvalue weighted by atomic mass is 10.1. The molecule has 2 saturated heterocycles. The zero-order chi connectivity index (χ0) is 20.3. The maximum Gasteiger partial charge on any atom is 0.311 e. The van der Waals surface area contributed by atoms with Gasteiger partial charge in [0.2, 0.25) is 11.7 Å². The lowest BCUT2D eigenvalue weighted by Gasteiger charge is -2.22. The molecule has 0 atom stereocenters. The molecule has 9 nitrogen and oxygen atoms in total. The van der Waals surface area contributed by atoms with Crippen molar-refractivity contribution in [3.05, 3.63) is 38.8 Å². The van der Waals surface area contributed by atoms with Crippen LogP contribution >= 0.6 is 11.8 Å². The third kappa shape index (κ3) is 4.16. The largest absolute Gasteiger partial charge is 0.502 e. The first-order chi connectivity index (χ1) is 13.4. The molecule has 0 unspecified atom stereocenters. The minimum absolute atomic E-state index is 0.00413. The van der Waals surface area contributed by atoms with Crippen LogP contribution in [0.4, 0.5) is 10.5 Å². The van der Waals surface area contributed by atoms with Crippen LogP contribution in [-0.2, 0) is 9.59 Å². The summed E-state index contributed by atoms with van der Waals surface area (Å²) in [7, 11) is 0. The van der Waals surface area contributed by atoms with Crippen LogP contribution in [0, 0.1) is 10.1 Å². The molecule has 28 heavy (non-hydrogen) atoms. The maximum absolute atomic E-state index is 12.6. The van der Waals surface area contributed by atoms with Gasteiger partial charge in [0.05, 0.1) is 9.83 Å². The molecular formula is C18H19N3O6S. The van der Waals surface area contributed by atoms with Gasteiger partial charge in [-0.25, -0.2) is 0 Å². The molecule has 2 heterocycles. The van der Waals surface area contributed by atoms with Gasteiger partial charge in [0.1, 0.15) is 6.54 Å². The first-order valence-corrected chi connectivity index (χ1v) is 9.69. The summed E-state index contributed by atoms with van der Waals surface area (Å²) in [6.07, 6.45) is 5.14. The van der Waals surface area contributed by atoms with E-state index in [1.165, 1.54) is 18.2 Å². The van der Waals surface area contributed by atoms with Crippen LogP contribution in [0.2, 0.25) is 0 Å². The number of nitrogens with zero attached hydrogens (tertiary/aromatic N) is 3. The number of aromatic hydroxyl groups is 1. The van der Waals surface area contributed by atoms with Crippen molar-refractivity contribution in [2.75, 3.05) is 19.6 Å². The molecule has 10 heteroatoms. The first kappa shape index (κ1) is 19.9. The predicted octanol–water partition coefficient (Wildman–Crippen LogP) is 2.74. The number of rotatable bonds is 4. The second-order valence-electron chi connectivity index (χ2n) is 6.53. The summed E-state index contributed by atoms with van der Waals surface area (Å²) in [5.41, 5.74) is -0.442. The Balaban J connectivity index is 1.76. The molecule has 1 aromatic rings. The van der Waals surface area contributed by atoms with Gasteiger partial charge in [0.25, 0.3) is 11.1 Å². The highest BCUT2D eigenvalue weighted by Crippen LogP contribution is 2.36. The monoisotopic (exact) mass is 405 g/mol. The fourth-order valence-corrected chi connectivity index (χ4v) is 3.97. The van der Waals surface area contributed by atoms with E-state index in [0.717, 1.165) is 36.6 Å². The summed E-state index contributed by atoms with van der Waals surface area (Å²) in [5.74, 6) is -1.51. The van der Waals surface area contributed by atoms with Crippen molar-refractivity contribution >= 4 is 40.6 Å². The number of carbonyl (C=O) groups excluding carboxylic acids is 3. The van der Waals surface area contributed by atoms with Gasteiger partial charge in [-0.1, -0.05) is 25.0 Å². The van der Waals surface area contributed by atoms with Crippen molar-refractivity contribution in [3.63, 3.8) is 0 Å². The van der Waals surface area contributed by atoms with Gasteiger partial charge in [0.15, 0.2) is 0 Å². The van der Waals surface area contributed by atoms with E-state index in [4.69, 9.17) is 0 Å². The van der Waals surface area contributed by atoms with Crippen LogP contribution in [0.25, 0.3) is 6.08 Å². The lowest BCUT2D eigenvalue weighted by molar-refractivity contribution is -0.385. The number of nitro groups is 1. The summed E-state index contributed by atoms with van der Waals surface area (Å²) >= 11 is 0.639. The zero-order valence-electron chi connectivity index (χ0n) is 15.0. The number of amides is 3. The number of carbonyl (C=O) groups is 3. The van der Waals surface area contributed by atoms with Crippen molar-refractivity contribution in [1.82, 2.24) is 9.80 Å². The van der Waals surface area contributed by atoms with Crippen molar-refractivity contribution in [3.8, 4) is 5.75 Å². The summed E-state index contributed by atoms with van der Waals surface area (Å²) in [5, 5.41) is 20.4. The number of benzene rings is 1. The molecule has 3 rings (SSSR count). The Morgan fingerprint density at radius 2 is 1.89 bits per heavy atom. The van der Waals surface area contributed by atoms with E-state index in [0.29, 0.717) is 24.9 Å². The van der Waals surface area contributed by atoms with Gasteiger partial charge in [-0.2, -0.15) is 0 Å². The number of hydrogen-bond donors (Lipinski definition) is 1. The summed E-state index contributed by atoms with van der Waals surface area (Å²) in [6.45, 7) is 0.905. The van der Waals surface area contributed by atoms with Crippen LogP contribution in [-0.4, -0.2) is 56.5 Å². The third-order valence-corrected chi connectivity index (χ3v) is 5.56. The summed E-state index contributed by atoms with van der Waals surface area (Å²) < 4.78 is 0. The lowest BCUT2D eigenvalue weighted by Crippen LogP contribution is -2.42. The molecule has 0 bridgehead atoms. The molecule has 3 amide bonds. The van der Waals surface area contributed by atoms with Gasteiger partial charge >= 0.3 is 5.69 Å². The number of thioether (sulfide) groups is 1. The molecule has 2 aliphatic rings. The normalized spacial score (nSPS) is 19.2. The van der Waals surface area contributed by atoms with E-state index in [1.54, 1.807) is 4.90 Å². The van der Waals surface area contributed by atoms with Crippen molar-refractivity contribution in [2.24, 2.45) is 0 Å². The Morgan fingerprint density at radius 3 is 2.54 bits per heavy atom. The maximum atomic E-state index is 12.6. The summed E-state index contributed by atoms with van der Waals surface area (Å²) in [4.78, 5) is 50.0. The number of phenols is 1. The number of nitro benzene ring substituents is 1. The number of imide groups is 1. The molecule has 1 N–H and O–H groups in total. The molecule has 0 aliphatic carbocycles. The molecular weight excluding hydrogens is 386 g/mol. The summed E-state index contributed by atoms with van der Waals surface area (Å²) in [6, 6.07) is 3.91. The topological polar surface area (TPSA) is 121 Å². The standard InChI is InChI=1S/C18H19N3O6S/c22-15(19-8-3-1-2-4-9-19)11-20-17(24)14(28-18(20)25)10-12-6-5-7-13(16(12)23)21(26)27/h5-7,10,23H,1-4,8-9,11H2. The van der Waals surface area contributed by atoms with Gasteiger partial charge in [-0.05, 0) is 30.7 Å². The highest BCUT2D eigenvalue weighted by Gasteiger charge is 2.37. The highest BCUT2D eigenvalue weighted by molar-refractivity contribution is 8.18. The van der Waals surface area contributed by atoms with Crippen LogP contribution in [0.1, 0.15) is 31.2 Å². The second-order valence-corrected chi connectivity index (χ2v) is 7.53. The second kappa shape index (κ2) is 8.42. The average Bonchev–Trinajstić information content (AvgIpc) is 2.87. The quantitative estimate of drug-likeness (QED) is 0.464. The molecule has 0 radical (unpaired) electrons. The Morgan fingerprint density at radius 1 is 1.21 bits per heavy atom. The Hall–Kier alpha value is -2.88. The number of hydrogen-bond acceptors (Lipinski definition) is 7. The van der Waals surface area contributed by atoms with E-state index in [9.17, 15) is 29.6 Å². The molecule has 0 saturated carbocycles. The van der Waals surface area contributed by atoms with E-state index >= 15 is 0 Å². The van der Waals surface area contributed by atoms with Gasteiger partial charge < -0.3 is 10.0 Å². The molecule has 148 valence electrons. The van der Waals surface area contributed by atoms with Crippen LogP contribution in [0.3, 0.4) is 0 Å². The zero-order valence-corrected chi connectivity index (χ0v) is 15.8. The number of para-hydroxylation sites is 1. The van der Waals surface area contributed by atoms with Crippen LogP contribution < -0.4 is 0 Å². The fraction of sp³-hybridized carbons (Fsp3) is 0.389. The molecule has 2 aliphatic heterocycles. The minimum Gasteiger partial charge on any atom is -0.502 e. The molecule has 1 aromatic carbocycles. The van der Waals surface area contributed by atoms with Crippen molar-refractivity contribution < 1.29 is 24.4 Å². The SMILES string of the molecule is O=C(CN1C(=O)SC(=Cc2cccc([N+](=O)[O-])c2O)C1=O)N1CCCCCC1. The van der Waals surface area contributed by atoms with Crippen LogP contribution in [0.15, 0.2) is 23.1 Å². The average molecular weight is 405 g/mol. The van der Waals surface area contributed by atoms with Crippen molar-refractivity contribution in [2.45, 2.75) is 25.7 Å². The van der Waals surface area contributed by atoms with E-state index in [1.807, 2.05) is 0 Å². The van der Waals surface area contributed by atoms with Gasteiger partial charge in [-0.3, -0.25) is 29.4 Å². The van der Waals surface area contributed by atoms with E-state index in [-0.39, 0.29) is 22.9 Å². The first-order valence-electron chi connectivity index (χ1n) is 8.88. The van der Waals surface area contributed by atoms with E-state index < -0.39 is 27.5 Å². The Labute approximate surface area is 165 Å². The minimum atomic E-state index is -0.738. The number of likely N-dealkylation sites (tertiary alicyclic amines) is 1. The van der Waals surface area contributed by atoms with Crippen LogP contribution in [0.5, 0.6) is 5.75 Å². The molecule has 0 spiro atoms. The Kier molecular flexibility index (Phi) is 5.98. The molecule has 0 aromatic heterocycles. The fourth-order valence-electron chi connectivity index (χ4n) is 3.15. The highest BCUT2D eigenvalue weighted by atomic mass is 32.2. The van der Waals surface area contributed by atoms with E-state index in [2.05, 4.69) is 0 Å². The Bertz CT molecular complexity index is 861. The van der Waals surface area contributed by atoms with Crippen molar-refractivity contribution in [1.29, 1.82) is 0 Å². The number of phenolic OH excluding ortho intramolecular Hbond substituents is 1. The predicted molar refractivity (Wildman–Crippen MR) is 102 cm³/mol. The van der Waals surface area contributed by atoms with Gasteiger partial charge in [-0.15, -0.1) is 0 Å². The third-order valence-electron chi connectivity index (χ3n) is 4.65.